The molecule has 0 unspecified atom stereocenters. The second-order valence-corrected chi connectivity index (χ2v) is 10.2. The van der Waals surface area contributed by atoms with Crippen LogP contribution in [0.25, 0.3) is 0 Å². The van der Waals surface area contributed by atoms with Gasteiger partial charge in [0.2, 0.25) is 0 Å². The number of rotatable bonds is 6. The number of anilines is 2. The first-order valence-corrected chi connectivity index (χ1v) is 12.7. The molecule has 35 heavy (non-hydrogen) atoms. The molecule has 1 aliphatic rings. The van der Waals surface area contributed by atoms with Crippen molar-refractivity contribution in [2.24, 2.45) is 0 Å². The average molecular weight is 535 g/mol. The first-order valence-electron chi connectivity index (χ1n) is 10.5. The largest absolute Gasteiger partial charge is 0.476 e. The Morgan fingerprint density at radius 1 is 1.09 bits per heavy atom. The molecule has 1 N–H and O–H groups in total. The predicted molar refractivity (Wildman–Crippen MR) is 133 cm³/mol. The number of carbonyl (C=O) groups excluding carboxylic acids is 2. The van der Waals surface area contributed by atoms with Gasteiger partial charge in [-0.05, 0) is 61.5 Å². The molecule has 0 aromatic heterocycles. The van der Waals surface area contributed by atoms with E-state index in [4.69, 9.17) is 32.7 Å². The third kappa shape index (κ3) is 5.22. The molecule has 11 heteroatoms. The molecule has 1 aliphatic heterocycles. The second-order valence-electron chi connectivity index (χ2n) is 7.47. The average Bonchev–Trinajstić information content (AvgIpc) is 2.83. The van der Waals surface area contributed by atoms with Crippen LogP contribution in [0.15, 0.2) is 71.6 Å². The van der Waals surface area contributed by atoms with E-state index < -0.39 is 28.0 Å². The van der Waals surface area contributed by atoms with E-state index >= 15 is 0 Å². The molecule has 8 nitrogen and oxygen atoms in total. The Morgan fingerprint density at radius 3 is 2.49 bits per heavy atom. The van der Waals surface area contributed by atoms with Crippen molar-refractivity contribution >= 4 is 56.5 Å². The number of benzene rings is 3. The number of hydrogen-bond acceptors (Lipinski definition) is 6. The molecular formula is C24H20Cl2N2O6S. The summed E-state index contributed by atoms with van der Waals surface area (Å²) in [6.45, 7) is 1.62. The monoisotopic (exact) mass is 534 g/mol. The molecule has 0 fully saturated rings. The summed E-state index contributed by atoms with van der Waals surface area (Å²) in [6.07, 6.45) is -1.16. The summed E-state index contributed by atoms with van der Waals surface area (Å²) in [4.78, 5) is 25.0. The number of sulfonamides is 1. The van der Waals surface area contributed by atoms with Gasteiger partial charge in [0.15, 0.2) is 6.10 Å². The zero-order valence-corrected chi connectivity index (χ0v) is 20.7. The van der Waals surface area contributed by atoms with Crippen LogP contribution in [-0.4, -0.2) is 39.5 Å². The lowest BCUT2D eigenvalue weighted by Gasteiger charge is -2.34. The summed E-state index contributed by atoms with van der Waals surface area (Å²) < 4.78 is 38.7. The van der Waals surface area contributed by atoms with Crippen LogP contribution in [0.2, 0.25) is 10.0 Å². The Morgan fingerprint density at radius 2 is 1.80 bits per heavy atom. The standard InChI is InChI=1S/C24H20Cl2N2O6S/c1-2-33-24(30)18-12-9-16(13-19(18)26)27-23(29)22-14-28(20-5-3-4-6-21(20)34-22)35(31,32)17-10-7-15(25)8-11-17/h3-13,22H,2,14H2,1H3,(H,27,29)/t22-/m1/s1. The van der Waals surface area contributed by atoms with Gasteiger partial charge in [0.25, 0.3) is 15.9 Å². The Kier molecular flexibility index (Phi) is 7.20. The third-order valence-corrected chi connectivity index (χ3v) is 7.52. The van der Waals surface area contributed by atoms with Crippen LogP contribution in [0, 0.1) is 0 Å². The quantitative estimate of drug-likeness (QED) is 0.457. The number of para-hydroxylation sites is 2. The highest BCUT2D eigenvalue weighted by Crippen LogP contribution is 2.37. The first-order chi connectivity index (χ1) is 16.7. The van der Waals surface area contributed by atoms with Crippen molar-refractivity contribution in [2.45, 2.75) is 17.9 Å². The zero-order chi connectivity index (χ0) is 25.2. The number of nitrogens with one attached hydrogen (secondary N) is 1. The van der Waals surface area contributed by atoms with Crippen molar-refractivity contribution < 1.29 is 27.5 Å². The van der Waals surface area contributed by atoms with E-state index in [9.17, 15) is 18.0 Å². The van der Waals surface area contributed by atoms with E-state index in [-0.39, 0.29) is 34.4 Å². The maximum atomic E-state index is 13.4. The lowest BCUT2D eigenvalue weighted by atomic mass is 10.2. The minimum atomic E-state index is -4.02. The SMILES string of the molecule is CCOC(=O)c1ccc(NC(=O)[C@H]2CN(S(=O)(=O)c3ccc(Cl)cc3)c3ccccc3O2)cc1Cl. The Bertz CT molecular complexity index is 1380. The van der Waals surface area contributed by atoms with E-state index in [2.05, 4.69) is 5.32 Å². The van der Waals surface area contributed by atoms with Crippen LogP contribution in [0.5, 0.6) is 5.75 Å². The van der Waals surface area contributed by atoms with Crippen molar-refractivity contribution in [2.75, 3.05) is 22.8 Å². The lowest BCUT2D eigenvalue weighted by Crippen LogP contribution is -2.48. The Labute approximate surface area is 212 Å². The van der Waals surface area contributed by atoms with Gasteiger partial charge >= 0.3 is 5.97 Å². The fourth-order valence-corrected chi connectivity index (χ4v) is 5.35. The van der Waals surface area contributed by atoms with Crippen LogP contribution in [0.1, 0.15) is 17.3 Å². The van der Waals surface area contributed by atoms with Gasteiger partial charge in [0.05, 0.1) is 34.3 Å². The number of halogens is 2. The van der Waals surface area contributed by atoms with Crippen molar-refractivity contribution in [1.82, 2.24) is 0 Å². The number of carbonyl (C=O) groups is 2. The summed E-state index contributed by atoms with van der Waals surface area (Å²) in [5, 5.41) is 3.16. The third-order valence-electron chi connectivity index (χ3n) is 5.16. The molecule has 0 saturated heterocycles. The maximum absolute atomic E-state index is 13.4. The summed E-state index contributed by atoms with van der Waals surface area (Å²) in [5.74, 6) is -0.923. The topological polar surface area (TPSA) is 102 Å². The molecule has 0 saturated carbocycles. The van der Waals surface area contributed by atoms with E-state index in [0.29, 0.717) is 16.4 Å². The molecule has 3 aromatic carbocycles. The van der Waals surface area contributed by atoms with Crippen molar-refractivity contribution in [3.63, 3.8) is 0 Å². The maximum Gasteiger partial charge on any atom is 0.339 e. The number of amides is 1. The molecule has 0 spiro atoms. The second kappa shape index (κ2) is 10.2. The summed E-state index contributed by atoms with van der Waals surface area (Å²) in [5.41, 5.74) is 0.783. The fourth-order valence-electron chi connectivity index (χ4n) is 3.49. The van der Waals surface area contributed by atoms with Crippen molar-refractivity contribution in [3.8, 4) is 5.75 Å². The van der Waals surface area contributed by atoms with Crippen molar-refractivity contribution in [1.29, 1.82) is 0 Å². The summed E-state index contributed by atoms with van der Waals surface area (Å²) in [6, 6.07) is 16.7. The first kappa shape index (κ1) is 24.8. The molecule has 1 atom stereocenters. The van der Waals surface area contributed by atoms with Gasteiger partial charge in [-0.15, -0.1) is 0 Å². The molecule has 3 aromatic rings. The van der Waals surface area contributed by atoms with Gasteiger partial charge < -0.3 is 14.8 Å². The van der Waals surface area contributed by atoms with Crippen LogP contribution in [0.4, 0.5) is 11.4 Å². The Balaban J connectivity index is 1.59. The van der Waals surface area contributed by atoms with Crippen LogP contribution >= 0.6 is 23.2 Å². The van der Waals surface area contributed by atoms with Crippen LogP contribution < -0.4 is 14.4 Å². The van der Waals surface area contributed by atoms with E-state index in [1.165, 1.54) is 42.5 Å². The highest BCUT2D eigenvalue weighted by Gasteiger charge is 2.37. The predicted octanol–water partition coefficient (Wildman–Crippen LogP) is 4.77. The molecule has 1 heterocycles. The van der Waals surface area contributed by atoms with Gasteiger partial charge in [-0.25, -0.2) is 13.2 Å². The highest BCUT2D eigenvalue weighted by molar-refractivity contribution is 7.92. The van der Waals surface area contributed by atoms with Gasteiger partial charge in [-0.3, -0.25) is 9.10 Å². The van der Waals surface area contributed by atoms with Gasteiger partial charge in [-0.1, -0.05) is 35.3 Å². The highest BCUT2D eigenvalue weighted by atomic mass is 35.5. The molecule has 1 amide bonds. The number of fused-ring (bicyclic) bond motifs is 1. The smallest absolute Gasteiger partial charge is 0.339 e. The normalized spacial score (nSPS) is 15.1. The zero-order valence-electron chi connectivity index (χ0n) is 18.4. The van der Waals surface area contributed by atoms with Crippen molar-refractivity contribution in [3.05, 3.63) is 82.3 Å². The van der Waals surface area contributed by atoms with Crippen LogP contribution in [0.3, 0.4) is 0 Å². The van der Waals surface area contributed by atoms with E-state index in [1.807, 2.05) is 0 Å². The number of nitrogens with zero attached hydrogens (tertiary/aromatic N) is 1. The molecule has 0 radical (unpaired) electrons. The summed E-state index contributed by atoms with van der Waals surface area (Å²) in [7, 11) is -4.02. The Hall–Kier alpha value is -3.27. The minimum absolute atomic E-state index is 0.0269. The van der Waals surface area contributed by atoms with Gasteiger partial charge in [0.1, 0.15) is 5.75 Å². The minimum Gasteiger partial charge on any atom is -0.476 e. The number of ether oxygens (including phenoxy) is 2. The lowest BCUT2D eigenvalue weighted by molar-refractivity contribution is -0.122. The molecule has 4 rings (SSSR count). The van der Waals surface area contributed by atoms with Crippen LogP contribution in [-0.2, 0) is 19.6 Å². The van der Waals surface area contributed by atoms with Gasteiger partial charge in [-0.2, -0.15) is 0 Å². The molecule has 0 aliphatic carbocycles. The van der Waals surface area contributed by atoms with Gasteiger partial charge in [0, 0.05) is 10.7 Å². The van der Waals surface area contributed by atoms with E-state index in [0.717, 1.165) is 4.31 Å². The fraction of sp³-hybridized carbons (Fsp3) is 0.167. The summed E-state index contributed by atoms with van der Waals surface area (Å²) >= 11 is 12.1. The number of esters is 1. The molecule has 0 bridgehead atoms. The molecule has 182 valence electrons. The van der Waals surface area contributed by atoms with E-state index in [1.54, 1.807) is 31.2 Å². The number of hydrogen-bond donors (Lipinski definition) is 1. The molecular weight excluding hydrogens is 515 g/mol.